The van der Waals surface area contributed by atoms with Gasteiger partial charge in [0, 0.05) is 0 Å². The lowest BCUT2D eigenvalue weighted by Gasteiger charge is -2.24. The van der Waals surface area contributed by atoms with Gasteiger partial charge in [0.15, 0.2) is 0 Å². The summed E-state index contributed by atoms with van der Waals surface area (Å²) in [5.74, 6) is -3.39. The van der Waals surface area contributed by atoms with Gasteiger partial charge in [-0.25, -0.2) is 0 Å². The summed E-state index contributed by atoms with van der Waals surface area (Å²) in [6.45, 7) is 2.23. The van der Waals surface area contributed by atoms with Crippen LogP contribution in [0.25, 0.3) is 0 Å². The molecule has 7 nitrogen and oxygen atoms in total. The van der Waals surface area contributed by atoms with Crippen LogP contribution in [0, 0.1) is 0 Å². The maximum absolute atomic E-state index is 11.5. The minimum Gasteiger partial charge on any atom is -0.481 e. The van der Waals surface area contributed by atoms with Crippen molar-refractivity contribution in [3.63, 3.8) is 0 Å². The van der Waals surface area contributed by atoms with Crippen LogP contribution < -0.4 is 0 Å². The number of hydrogen-bond acceptors (Lipinski definition) is 4. The molecule has 0 saturated heterocycles. The molecule has 1 atom stereocenters. The Morgan fingerprint density at radius 2 is 1.16 bits per heavy atom. The molecule has 0 aromatic heterocycles. The Bertz CT molecular complexity index is 628. The van der Waals surface area contributed by atoms with Crippen molar-refractivity contribution in [1.82, 2.24) is 0 Å². The van der Waals surface area contributed by atoms with Gasteiger partial charge in [0.1, 0.15) is 0 Å². The van der Waals surface area contributed by atoms with Gasteiger partial charge in [0.05, 0.1) is 6.42 Å². The highest BCUT2D eigenvalue weighted by molar-refractivity contribution is 7.88. The molecule has 0 fully saturated rings. The first-order chi connectivity index (χ1) is 14.7. The van der Waals surface area contributed by atoms with E-state index in [4.69, 9.17) is 5.11 Å². The summed E-state index contributed by atoms with van der Waals surface area (Å²) in [5, 5.41) is 18.1. The van der Waals surface area contributed by atoms with Crippen LogP contribution in [0.3, 0.4) is 0 Å². The summed E-state index contributed by atoms with van der Waals surface area (Å²) in [4.78, 5) is 22.3. The number of carboxylic acid groups (broad SMARTS) is 2. The van der Waals surface area contributed by atoms with Gasteiger partial charge in [-0.15, -0.1) is 0 Å². The Kier molecular flexibility index (Phi) is 16.4. The smallest absolute Gasteiger partial charge is 0.328 e. The van der Waals surface area contributed by atoms with E-state index in [-0.39, 0.29) is 6.42 Å². The highest BCUT2D eigenvalue weighted by Crippen LogP contribution is 2.29. The topological polar surface area (TPSA) is 129 Å². The maximum atomic E-state index is 11.5. The van der Waals surface area contributed by atoms with E-state index in [1.807, 2.05) is 0 Å². The van der Waals surface area contributed by atoms with Gasteiger partial charge < -0.3 is 10.2 Å². The van der Waals surface area contributed by atoms with Crippen LogP contribution in [0.1, 0.15) is 116 Å². The van der Waals surface area contributed by atoms with Gasteiger partial charge in [-0.3, -0.25) is 14.1 Å². The predicted molar refractivity (Wildman–Crippen MR) is 123 cm³/mol. The van der Waals surface area contributed by atoms with Crippen LogP contribution in [0.15, 0.2) is 12.2 Å². The fourth-order valence-electron chi connectivity index (χ4n) is 3.68. The lowest BCUT2D eigenvalue weighted by Crippen LogP contribution is -2.48. The largest absolute Gasteiger partial charge is 0.481 e. The average molecular weight is 463 g/mol. The summed E-state index contributed by atoms with van der Waals surface area (Å²) in [6.07, 6.45) is 19.1. The molecule has 0 spiro atoms. The first kappa shape index (κ1) is 29.6. The normalized spacial score (nSPS) is 14.0. The Labute approximate surface area is 188 Å². The van der Waals surface area contributed by atoms with Gasteiger partial charge in [-0.1, -0.05) is 89.7 Å². The molecule has 0 heterocycles. The number of unbranched alkanes of at least 4 members (excludes halogenated alkanes) is 13. The summed E-state index contributed by atoms with van der Waals surface area (Å²) in [5.41, 5.74) is 0. The summed E-state index contributed by atoms with van der Waals surface area (Å²) in [7, 11) is -5.03. The van der Waals surface area contributed by atoms with Crippen molar-refractivity contribution >= 4 is 22.1 Å². The standard InChI is InChI=1S/C23H42O7S/c1-2-3-4-5-6-7-8-9-10-11-12-13-14-15-16-17-18-19-23(22(26)27,20-21(24)25)31(28,29)30/h9-10H,2-8,11-20H2,1H3,(H,24,25)(H,26,27)(H,28,29,30)/b10-9-. The molecule has 3 N–H and O–H groups in total. The predicted octanol–water partition coefficient (Wildman–Crippen LogP) is 5.99. The quantitative estimate of drug-likeness (QED) is 0.108. The molecule has 0 saturated carbocycles. The average Bonchev–Trinajstić information content (AvgIpc) is 2.68. The SMILES string of the molecule is CCCCCCCC/C=C\CCCCCCCCCC(CC(=O)O)(C(=O)O)S(=O)(=O)O. The van der Waals surface area contributed by atoms with E-state index in [0.717, 1.165) is 44.9 Å². The van der Waals surface area contributed by atoms with Gasteiger partial charge in [-0.05, 0) is 32.1 Å². The number of hydrogen-bond donors (Lipinski definition) is 3. The second kappa shape index (κ2) is 17.2. The monoisotopic (exact) mass is 462 g/mol. The highest BCUT2D eigenvalue weighted by Gasteiger charge is 2.51. The molecule has 0 aromatic rings. The van der Waals surface area contributed by atoms with E-state index < -0.39 is 39.6 Å². The number of carboxylic acids is 2. The van der Waals surface area contributed by atoms with Crippen molar-refractivity contribution in [1.29, 1.82) is 0 Å². The first-order valence-electron chi connectivity index (χ1n) is 11.7. The minimum atomic E-state index is -5.03. The Hall–Kier alpha value is -1.41. The lowest BCUT2D eigenvalue weighted by molar-refractivity contribution is -0.147. The molecule has 0 radical (unpaired) electrons. The molecule has 31 heavy (non-hydrogen) atoms. The van der Waals surface area contributed by atoms with Crippen LogP contribution in [-0.4, -0.2) is 39.9 Å². The molecule has 0 aliphatic heterocycles. The lowest BCUT2D eigenvalue weighted by atomic mass is 9.96. The van der Waals surface area contributed by atoms with Crippen molar-refractivity contribution in [3.05, 3.63) is 12.2 Å². The van der Waals surface area contributed by atoms with Crippen molar-refractivity contribution in [2.45, 2.75) is 121 Å². The van der Waals surface area contributed by atoms with E-state index in [0.29, 0.717) is 6.42 Å². The fourth-order valence-corrected chi connectivity index (χ4v) is 4.61. The van der Waals surface area contributed by atoms with E-state index >= 15 is 0 Å². The third kappa shape index (κ3) is 13.6. The van der Waals surface area contributed by atoms with E-state index in [1.54, 1.807) is 0 Å². The minimum absolute atomic E-state index is 0.237. The van der Waals surface area contributed by atoms with Crippen LogP contribution in [-0.2, 0) is 19.7 Å². The highest BCUT2D eigenvalue weighted by atomic mass is 32.2. The zero-order chi connectivity index (χ0) is 23.6. The van der Waals surface area contributed by atoms with E-state index in [2.05, 4.69) is 19.1 Å². The summed E-state index contributed by atoms with van der Waals surface area (Å²) < 4.78 is 29.7. The molecule has 0 aromatic carbocycles. The summed E-state index contributed by atoms with van der Waals surface area (Å²) in [6, 6.07) is 0. The molecule has 1 unspecified atom stereocenters. The number of rotatable bonds is 21. The van der Waals surface area contributed by atoms with Gasteiger partial charge in [0.25, 0.3) is 10.1 Å². The zero-order valence-corrected chi connectivity index (χ0v) is 19.9. The maximum Gasteiger partial charge on any atom is 0.328 e. The molecule has 182 valence electrons. The van der Waals surface area contributed by atoms with Crippen LogP contribution >= 0.6 is 0 Å². The van der Waals surface area contributed by atoms with Crippen LogP contribution in [0.5, 0.6) is 0 Å². The van der Waals surface area contributed by atoms with Crippen molar-refractivity contribution in [2.24, 2.45) is 0 Å². The molecule has 0 bridgehead atoms. The third-order valence-corrected chi connectivity index (χ3v) is 7.17. The molecule has 0 aliphatic rings. The van der Waals surface area contributed by atoms with Gasteiger partial charge in [0.2, 0.25) is 4.75 Å². The molecular formula is C23H42O7S. The number of allylic oxidation sites excluding steroid dienone is 2. The summed E-state index contributed by atoms with van der Waals surface area (Å²) >= 11 is 0. The molecular weight excluding hydrogens is 420 g/mol. The van der Waals surface area contributed by atoms with Gasteiger partial charge in [-0.2, -0.15) is 8.42 Å². The molecule has 0 amide bonds. The van der Waals surface area contributed by atoms with Gasteiger partial charge >= 0.3 is 11.9 Å². The van der Waals surface area contributed by atoms with Crippen LogP contribution in [0.2, 0.25) is 0 Å². The Balaban J connectivity index is 3.85. The second-order valence-electron chi connectivity index (χ2n) is 8.39. The third-order valence-electron chi connectivity index (χ3n) is 5.66. The number of carbonyl (C=O) groups is 2. The van der Waals surface area contributed by atoms with E-state index in [1.165, 1.54) is 38.5 Å². The zero-order valence-electron chi connectivity index (χ0n) is 19.1. The molecule has 0 rings (SSSR count). The molecule has 0 aliphatic carbocycles. The second-order valence-corrected chi connectivity index (χ2v) is 10.1. The molecule has 8 heteroatoms. The van der Waals surface area contributed by atoms with E-state index in [9.17, 15) is 27.7 Å². The Morgan fingerprint density at radius 3 is 1.55 bits per heavy atom. The Morgan fingerprint density at radius 1 is 0.742 bits per heavy atom. The number of aliphatic carboxylic acids is 2. The fraction of sp³-hybridized carbons (Fsp3) is 0.826. The van der Waals surface area contributed by atoms with Crippen molar-refractivity contribution in [2.75, 3.05) is 0 Å². The van der Waals surface area contributed by atoms with Crippen molar-refractivity contribution in [3.8, 4) is 0 Å². The first-order valence-corrected chi connectivity index (χ1v) is 13.2. The van der Waals surface area contributed by atoms with Crippen molar-refractivity contribution < 1.29 is 32.8 Å². The van der Waals surface area contributed by atoms with Crippen LogP contribution in [0.4, 0.5) is 0 Å².